The third-order valence-electron chi connectivity index (χ3n) is 2.54. The minimum Gasteiger partial charge on any atom is -0.481 e. The van der Waals surface area contributed by atoms with Crippen LogP contribution in [0, 0.1) is 5.92 Å². The highest BCUT2D eigenvalue weighted by molar-refractivity contribution is 6.05. The summed E-state index contributed by atoms with van der Waals surface area (Å²) in [6.07, 6.45) is 1.34. The molecule has 0 aromatic rings. The van der Waals surface area contributed by atoms with Gasteiger partial charge >= 0.3 is 23.9 Å². The van der Waals surface area contributed by atoms with Gasteiger partial charge in [-0.1, -0.05) is 13.0 Å². The van der Waals surface area contributed by atoms with E-state index in [4.69, 9.17) is 20.4 Å². The molecule has 21 heavy (non-hydrogen) atoms. The monoisotopic (exact) mass is 298 g/mol. The van der Waals surface area contributed by atoms with Crippen molar-refractivity contribution in [3.8, 4) is 0 Å². The summed E-state index contributed by atoms with van der Waals surface area (Å²) in [4.78, 5) is 44.2. The van der Waals surface area contributed by atoms with Crippen molar-refractivity contribution >= 4 is 23.9 Å². The Bertz CT molecular complexity index is 553. The van der Waals surface area contributed by atoms with Crippen LogP contribution in [0.4, 0.5) is 0 Å². The third kappa shape index (κ3) is 4.60. The van der Waals surface area contributed by atoms with Crippen LogP contribution in [0.1, 0.15) is 13.3 Å². The summed E-state index contributed by atoms with van der Waals surface area (Å²) in [5, 5.41) is 35.9. The molecule has 1 atom stereocenters. The van der Waals surface area contributed by atoms with Crippen LogP contribution in [0.25, 0.3) is 0 Å². The molecule has 4 N–H and O–H groups in total. The number of aliphatic carboxylic acids is 4. The molecule has 0 radical (unpaired) electrons. The van der Waals surface area contributed by atoms with E-state index in [9.17, 15) is 19.2 Å². The Hall–Kier alpha value is -2.90. The van der Waals surface area contributed by atoms with Gasteiger partial charge in [-0.15, -0.1) is 6.58 Å². The first kappa shape index (κ1) is 18.1. The van der Waals surface area contributed by atoms with Crippen molar-refractivity contribution in [1.82, 2.24) is 0 Å². The molecular formula is C13H14O8. The zero-order valence-electron chi connectivity index (χ0n) is 11.1. The lowest BCUT2D eigenvalue weighted by atomic mass is 9.92. The Balaban J connectivity index is 6.45. The van der Waals surface area contributed by atoms with E-state index in [2.05, 4.69) is 6.58 Å². The topological polar surface area (TPSA) is 149 Å². The SMILES string of the molecule is C=CC(C(=O)O)/C(C(=O)O)=C(\C=C(CC)C(=O)O)C(=O)O. The fourth-order valence-electron chi connectivity index (χ4n) is 1.50. The normalized spacial score (nSPS) is 13.9. The van der Waals surface area contributed by atoms with E-state index in [-0.39, 0.29) is 12.0 Å². The smallest absolute Gasteiger partial charge is 0.336 e. The van der Waals surface area contributed by atoms with Crippen molar-refractivity contribution < 1.29 is 39.6 Å². The maximum atomic E-state index is 11.2. The van der Waals surface area contributed by atoms with Gasteiger partial charge in [-0.05, 0) is 12.5 Å². The minimum atomic E-state index is -1.78. The van der Waals surface area contributed by atoms with Gasteiger partial charge in [0.15, 0.2) is 0 Å². The average Bonchev–Trinajstić information content (AvgIpc) is 2.36. The summed E-state index contributed by atoms with van der Waals surface area (Å²) in [5.74, 6) is -8.34. The Morgan fingerprint density at radius 1 is 1.00 bits per heavy atom. The van der Waals surface area contributed by atoms with E-state index in [1.807, 2.05) is 0 Å². The molecule has 0 aliphatic rings. The predicted octanol–water partition coefficient (Wildman–Crippen LogP) is 0.760. The van der Waals surface area contributed by atoms with E-state index >= 15 is 0 Å². The zero-order chi connectivity index (χ0) is 16.7. The van der Waals surface area contributed by atoms with Gasteiger partial charge in [0.05, 0.1) is 11.1 Å². The van der Waals surface area contributed by atoms with Crippen LogP contribution in [0.15, 0.2) is 35.5 Å². The van der Waals surface area contributed by atoms with Crippen molar-refractivity contribution in [2.45, 2.75) is 13.3 Å². The molecule has 0 fully saturated rings. The molecule has 8 heteroatoms. The van der Waals surface area contributed by atoms with Gasteiger partial charge in [-0.3, -0.25) is 4.79 Å². The van der Waals surface area contributed by atoms with Gasteiger partial charge in [0, 0.05) is 5.57 Å². The quantitative estimate of drug-likeness (QED) is 0.291. The number of carboxylic acid groups (broad SMARTS) is 4. The molecule has 0 bridgehead atoms. The summed E-state index contributed by atoms with van der Waals surface area (Å²) < 4.78 is 0. The summed E-state index contributed by atoms with van der Waals surface area (Å²) in [7, 11) is 0. The first-order chi connectivity index (χ1) is 9.67. The van der Waals surface area contributed by atoms with Crippen molar-refractivity contribution in [2.24, 2.45) is 5.92 Å². The third-order valence-corrected chi connectivity index (χ3v) is 2.54. The highest BCUT2D eigenvalue weighted by Gasteiger charge is 2.30. The molecule has 0 saturated heterocycles. The maximum Gasteiger partial charge on any atom is 0.336 e. The number of carboxylic acids is 4. The van der Waals surface area contributed by atoms with E-state index in [0.717, 1.165) is 6.08 Å². The minimum absolute atomic E-state index is 0.0646. The molecule has 0 heterocycles. The van der Waals surface area contributed by atoms with Gasteiger partial charge in [0.2, 0.25) is 0 Å². The van der Waals surface area contributed by atoms with E-state index < -0.39 is 40.9 Å². The van der Waals surface area contributed by atoms with Crippen LogP contribution in [0.5, 0.6) is 0 Å². The van der Waals surface area contributed by atoms with Crippen LogP contribution in [-0.4, -0.2) is 44.3 Å². The predicted molar refractivity (Wildman–Crippen MR) is 69.6 cm³/mol. The molecule has 0 amide bonds. The van der Waals surface area contributed by atoms with Crippen LogP contribution >= 0.6 is 0 Å². The Kier molecular flexibility index (Phi) is 6.58. The Labute approximate surface area is 119 Å². The maximum absolute atomic E-state index is 11.2. The second-order valence-electron chi connectivity index (χ2n) is 3.82. The van der Waals surface area contributed by atoms with E-state index in [1.54, 1.807) is 0 Å². The van der Waals surface area contributed by atoms with Gasteiger partial charge in [-0.2, -0.15) is 0 Å². The second kappa shape index (κ2) is 7.63. The Morgan fingerprint density at radius 3 is 1.76 bits per heavy atom. The van der Waals surface area contributed by atoms with E-state index in [0.29, 0.717) is 6.08 Å². The van der Waals surface area contributed by atoms with Crippen LogP contribution in [0.3, 0.4) is 0 Å². The van der Waals surface area contributed by atoms with Crippen LogP contribution < -0.4 is 0 Å². The molecule has 0 aliphatic carbocycles. The van der Waals surface area contributed by atoms with Crippen LogP contribution in [-0.2, 0) is 19.2 Å². The van der Waals surface area contributed by atoms with Crippen molar-refractivity contribution in [3.63, 3.8) is 0 Å². The fraction of sp³-hybridized carbons (Fsp3) is 0.231. The van der Waals surface area contributed by atoms with Gasteiger partial charge in [0.25, 0.3) is 0 Å². The van der Waals surface area contributed by atoms with Crippen LogP contribution in [0.2, 0.25) is 0 Å². The summed E-state index contributed by atoms with van der Waals surface area (Å²) in [5.41, 5.74) is -2.23. The number of hydrogen-bond acceptors (Lipinski definition) is 4. The van der Waals surface area contributed by atoms with Gasteiger partial charge in [0.1, 0.15) is 5.92 Å². The van der Waals surface area contributed by atoms with Crippen molar-refractivity contribution in [1.29, 1.82) is 0 Å². The first-order valence-corrected chi connectivity index (χ1v) is 5.67. The molecule has 0 saturated carbocycles. The molecule has 0 aromatic heterocycles. The molecule has 0 rings (SSSR count). The molecule has 0 aliphatic heterocycles. The summed E-state index contributed by atoms with van der Waals surface area (Å²) in [6, 6.07) is 0. The highest BCUT2D eigenvalue weighted by Crippen LogP contribution is 2.21. The summed E-state index contributed by atoms with van der Waals surface area (Å²) in [6.45, 7) is 4.59. The highest BCUT2D eigenvalue weighted by atomic mass is 16.4. The zero-order valence-corrected chi connectivity index (χ0v) is 11.1. The molecule has 0 aromatic carbocycles. The second-order valence-corrected chi connectivity index (χ2v) is 3.82. The fourth-order valence-corrected chi connectivity index (χ4v) is 1.50. The van der Waals surface area contributed by atoms with E-state index in [1.165, 1.54) is 6.92 Å². The molecule has 114 valence electrons. The largest absolute Gasteiger partial charge is 0.481 e. The first-order valence-electron chi connectivity index (χ1n) is 5.67. The van der Waals surface area contributed by atoms with Crippen molar-refractivity contribution in [3.05, 3.63) is 35.5 Å². The lowest BCUT2D eigenvalue weighted by Gasteiger charge is -2.11. The summed E-state index contributed by atoms with van der Waals surface area (Å²) >= 11 is 0. The molecule has 8 nitrogen and oxygen atoms in total. The Morgan fingerprint density at radius 2 is 1.52 bits per heavy atom. The number of hydrogen-bond donors (Lipinski definition) is 4. The molecule has 0 spiro atoms. The standard InChI is InChI=1S/C13H14O8/c1-3-6(10(14)15)5-8(12(18)19)9(13(20)21)7(4-2)11(16)17/h4-5,7H,2-3H2,1H3,(H,14,15)(H,16,17)(H,18,19)(H,20,21)/b6-5?,9-8-. The molecule has 1 unspecified atom stereocenters. The number of rotatable bonds is 8. The average molecular weight is 298 g/mol. The lowest BCUT2D eigenvalue weighted by molar-refractivity contribution is -0.142. The lowest BCUT2D eigenvalue weighted by Crippen LogP contribution is -2.23. The molecular weight excluding hydrogens is 284 g/mol. The van der Waals surface area contributed by atoms with Gasteiger partial charge in [-0.25, -0.2) is 14.4 Å². The van der Waals surface area contributed by atoms with Crippen molar-refractivity contribution in [2.75, 3.05) is 0 Å². The number of carbonyl (C=O) groups is 4. The van der Waals surface area contributed by atoms with Gasteiger partial charge < -0.3 is 20.4 Å².